The summed E-state index contributed by atoms with van der Waals surface area (Å²) >= 11 is 0. The van der Waals surface area contributed by atoms with E-state index >= 15 is 0 Å². The second kappa shape index (κ2) is 8.91. The van der Waals surface area contributed by atoms with E-state index in [2.05, 4.69) is 5.32 Å². The van der Waals surface area contributed by atoms with Crippen LogP contribution in [0.5, 0.6) is 5.75 Å². The summed E-state index contributed by atoms with van der Waals surface area (Å²) in [6.45, 7) is 7.12. The maximum absolute atomic E-state index is 12.5. The fourth-order valence-corrected chi connectivity index (χ4v) is 3.45. The van der Waals surface area contributed by atoms with Crippen molar-refractivity contribution >= 4 is 23.2 Å². The Bertz CT molecular complexity index is 843. The summed E-state index contributed by atoms with van der Waals surface area (Å²) in [6.07, 6.45) is 2.21. The molecule has 1 N–H and O–H groups in total. The molecule has 2 aromatic rings. The number of anilines is 2. The molecule has 0 aromatic heterocycles. The summed E-state index contributed by atoms with van der Waals surface area (Å²) in [5.41, 5.74) is 3.72. The minimum absolute atomic E-state index is 0.0520. The fourth-order valence-electron chi connectivity index (χ4n) is 3.45. The Balaban J connectivity index is 1.70. The molecular formula is C23H28N2O3. The number of nitrogens with zero attached hydrogens (tertiary/aromatic N) is 1. The molecule has 1 aliphatic heterocycles. The number of amides is 2. The van der Waals surface area contributed by atoms with Gasteiger partial charge in [-0.3, -0.25) is 9.59 Å². The van der Waals surface area contributed by atoms with E-state index in [0.717, 1.165) is 47.6 Å². The molecule has 5 nitrogen and oxygen atoms in total. The minimum Gasteiger partial charge on any atom is -0.494 e. The predicted octanol–water partition coefficient (Wildman–Crippen LogP) is 4.20. The van der Waals surface area contributed by atoms with Gasteiger partial charge in [0.1, 0.15) is 5.75 Å². The molecule has 2 aromatic carbocycles. The van der Waals surface area contributed by atoms with Crippen LogP contribution in [-0.4, -0.2) is 25.0 Å². The Morgan fingerprint density at radius 2 is 1.89 bits per heavy atom. The molecule has 0 bridgehead atoms. The number of fused-ring (bicyclic) bond motifs is 1. The standard InChI is InChI=1S/C23H28N2O3/c1-4-28-20-11-7-17(8-12-20)14-22(26)24-19-10-9-18-6-5-13-25(21(18)15-19)23(27)16(2)3/h7-12,15-16H,4-6,13-14H2,1-3H3,(H,24,26). The number of hydrogen-bond donors (Lipinski definition) is 1. The van der Waals surface area contributed by atoms with Crippen molar-refractivity contribution in [3.8, 4) is 5.75 Å². The Hall–Kier alpha value is -2.82. The SMILES string of the molecule is CCOc1ccc(CC(=O)Nc2ccc3c(c2)N(C(=O)C(C)C)CCC3)cc1. The van der Waals surface area contributed by atoms with Gasteiger partial charge >= 0.3 is 0 Å². The van der Waals surface area contributed by atoms with Crippen molar-refractivity contribution in [3.05, 3.63) is 53.6 Å². The second-order valence-electron chi connectivity index (χ2n) is 7.39. The summed E-state index contributed by atoms with van der Waals surface area (Å²) < 4.78 is 5.43. The van der Waals surface area contributed by atoms with Crippen LogP contribution in [0.3, 0.4) is 0 Å². The van der Waals surface area contributed by atoms with E-state index in [1.54, 1.807) is 0 Å². The van der Waals surface area contributed by atoms with Crippen LogP contribution in [0.1, 0.15) is 38.3 Å². The normalized spacial score (nSPS) is 13.2. The number of ether oxygens (including phenoxy) is 1. The molecule has 1 heterocycles. The van der Waals surface area contributed by atoms with Crippen LogP contribution >= 0.6 is 0 Å². The van der Waals surface area contributed by atoms with E-state index in [-0.39, 0.29) is 24.2 Å². The number of carbonyl (C=O) groups excluding carboxylic acids is 2. The number of nitrogens with one attached hydrogen (secondary N) is 1. The average Bonchev–Trinajstić information content (AvgIpc) is 2.68. The maximum atomic E-state index is 12.5. The molecule has 0 saturated carbocycles. The van der Waals surface area contributed by atoms with Crippen molar-refractivity contribution in [2.45, 2.75) is 40.0 Å². The van der Waals surface area contributed by atoms with Crippen molar-refractivity contribution in [3.63, 3.8) is 0 Å². The number of rotatable bonds is 6. The highest BCUT2D eigenvalue weighted by Gasteiger charge is 2.24. The molecule has 0 spiro atoms. The van der Waals surface area contributed by atoms with Gasteiger partial charge in [-0.05, 0) is 55.2 Å². The first-order chi connectivity index (χ1) is 13.5. The van der Waals surface area contributed by atoms with Crippen LogP contribution in [-0.2, 0) is 22.4 Å². The topological polar surface area (TPSA) is 58.6 Å². The van der Waals surface area contributed by atoms with Gasteiger partial charge < -0.3 is 15.0 Å². The van der Waals surface area contributed by atoms with Crippen molar-refractivity contribution in [1.82, 2.24) is 0 Å². The van der Waals surface area contributed by atoms with Crippen LogP contribution in [0.2, 0.25) is 0 Å². The van der Waals surface area contributed by atoms with Crippen LogP contribution in [0.15, 0.2) is 42.5 Å². The molecule has 1 aliphatic rings. The lowest BCUT2D eigenvalue weighted by Gasteiger charge is -2.31. The van der Waals surface area contributed by atoms with E-state index < -0.39 is 0 Å². The van der Waals surface area contributed by atoms with E-state index in [4.69, 9.17) is 4.74 Å². The number of carbonyl (C=O) groups is 2. The predicted molar refractivity (Wildman–Crippen MR) is 112 cm³/mol. The molecule has 0 radical (unpaired) electrons. The number of hydrogen-bond acceptors (Lipinski definition) is 3. The highest BCUT2D eigenvalue weighted by Crippen LogP contribution is 2.31. The van der Waals surface area contributed by atoms with Crippen molar-refractivity contribution in [1.29, 1.82) is 0 Å². The first-order valence-electron chi connectivity index (χ1n) is 9.94. The molecular weight excluding hydrogens is 352 g/mol. The Morgan fingerprint density at radius 3 is 2.57 bits per heavy atom. The molecule has 0 atom stereocenters. The smallest absolute Gasteiger partial charge is 0.229 e. The highest BCUT2D eigenvalue weighted by molar-refractivity contribution is 5.98. The third-order valence-corrected chi connectivity index (χ3v) is 4.85. The summed E-state index contributed by atoms with van der Waals surface area (Å²) in [6, 6.07) is 13.4. The van der Waals surface area contributed by atoms with Crippen molar-refractivity contribution < 1.29 is 14.3 Å². The lowest BCUT2D eigenvalue weighted by Crippen LogP contribution is -2.38. The quantitative estimate of drug-likeness (QED) is 0.817. The largest absolute Gasteiger partial charge is 0.494 e. The van der Waals surface area contributed by atoms with Crippen molar-refractivity contribution in [2.24, 2.45) is 5.92 Å². The Kier molecular flexibility index (Phi) is 6.34. The van der Waals surface area contributed by atoms with Crippen LogP contribution in [0.25, 0.3) is 0 Å². The van der Waals surface area contributed by atoms with Gasteiger partial charge in [0.05, 0.1) is 13.0 Å². The van der Waals surface area contributed by atoms with E-state index in [1.165, 1.54) is 0 Å². The molecule has 3 rings (SSSR count). The first-order valence-corrected chi connectivity index (χ1v) is 9.94. The van der Waals surface area contributed by atoms with Gasteiger partial charge in [0.25, 0.3) is 0 Å². The van der Waals surface area contributed by atoms with Gasteiger partial charge in [0.15, 0.2) is 0 Å². The second-order valence-corrected chi connectivity index (χ2v) is 7.39. The monoisotopic (exact) mass is 380 g/mol. The Labute approximate surface area is 166 Å². The van der Waals surface area contributed by atoms with Crippen LogP contribution in [0.4, 0.5) is 11.4 Å². The lowest BCUT2D eigenvalue weighted by molar-refractivity contribution is -0.121. The van der Waals surface area contributed by atoms with Gasteiger partial charge in [-0.1, -0.05) is 32.0 Å². The number of benzene rings is 2. The third-order valence-electron chi connectivity index (χ3n) is 4.85. The maximum Gasteiger partial charge on any atom is 0.229 e. The third kappa shape index (κ3) is 4.71. The molecule has 5 heteroatoms. The van der Waals surface area contributed by atoms with Gasteiger partial charge in [-0.25, -0.2) is 0 Å². The summed E-state index contributed by atoms with van der Waals surface area (Å²) in [4.78, 5) is 26.9. The van der Waals surface area contributed by atoms with Crippen molar-refractivity contribution in [2.75, 3.05) is 23.4 Å². The molecule has 0 fully saturated rings. The molecule has 2 amide bonds. The Morgan fingerprint density at radius 1 is 1.14 bits per heavy atom. The van der Waals surface area contributed by atoms with Gasteiger partial charge in [-0.15, -0.1) is 0 Å². The van der Waals surface area contributed by atoms with Gasteiger partial charge in [0, 0.05) is 23.8 Å². The number of aryl methyl sites for hydroxylation is 1. The zero-order valence-electron chi connectivity index (χ0n) is 16.8. The zero-order valence-corrected chi connectivity index (χ0v) is 16.8. The lowest BCUT2D eigenvalue weighted by atomic mass is 9.99. The van der Waals surface area contributed by atoms with Crippen LogP contribution < -0.4 is 15.0 Å². The molecule has 0 unspecified atom stereocenters. The molecule has 148 valence electrons. The fraction of sp³-hybridized carbons (Fsp3) is 0.391. The first kappa shape index (κ1) is 19.9. The summed E-state index contributed by atoms with van der Waals surface area (Å²) in [5, 5.41) is 2.96. The van der Waals surface area contributed by atoms with Gasteiger partial charge in [0.2, 0.25) is 11.8 Å². The molecule has 28 heavy (non-hydrogen) atoms. The molecule has 0 aliphatic carbocycles. The zero-order chi connectivity index (χ0) is 20.1. The highest BCUT2D eigenvalue weighted by atomic mass is 16.5. The van der Waals surface area contributed by atoms with Gasteiger partial charge in [-0.2, -0.15) is 0 Å². The van der Waals surface area contributed by atoms with E-state index in [1.807, 2.05) is 68.1 Å². The summed E-state index contributed by atoms with van der Waals surface area (Å²) in [7, 11) is 0. The van der Waals surface area contributed by atoms with E-state index in [0.29, 0.717) is 6.61 Å². The van der Waals surface area contributed by atoms with Crippen LogP contribution in [0, 0.1) is 5.92 Å². The van der Waals surface area contributed by atoms with E-state index in [9.17, 15) is 9.59 Å². The molecule has 0 saturated heterocycles. The average molecular weight is 380 g/mol. The summed E-state index contributed by atoms with van der Waals surface area (Å²) in [5.74, 6) is 0.792. The minimum atomic E-state index is -0.0818.